The van der Waals surface area contributed by atoms with Crippen molar-refractivity contribution in [1.82, 2.24) is 15.1 Å². The molecule has 150 valence electrons. The van der Waals surface area contributed by atoms with E-state index in [9.17, 15) is 18.0 Å². The number of halogens is 3. The Morgan fingerprint density at radius 2 is 2.00 bits per heavy atom. The second-order valence-electron chi connectivity index (χ2n) is 6.48. The highest BCUT2D eigenvalue weighted by atomic mass is 19.3. The minimum atomic E-state index is -3.05. The van der Waals surface area contributed by atoms with Crippen molar-refractivity contribution in [2.24, 2.45) is 7.05 Å². The predicted octanol–water partition coefficient (Wildman–Crippen LogP) is 3.65. The van der Waals surface area contributed by atoms with E-state index in [1.54, 1.807) is 30.1 Å². The highest BCUT2D eigenvalue weighted by Gasteiger charge is 2.24. The molecule has 3 aromatic rings. The van der Waals surface area contributed by atoms with Crippen molar-refractivity contribution in [2.45, 2.75) is 19.8 Å². The number of nitrogens with zero attached hydrogens (tertiary/aromatic N) is 2. The molecule has 2 heterocycles. The first kappa shape index (κ1) is 18.9. The summed E-state index contributed by atoms with van der Waals surface area (Å²) in [6.45, 7) is -2.57. The smallest absolute Gasteiger partial charge is 0.387 e. The van der Waals surface area contributed by atoms with Crippen molar-refractivity contribution in [3.05, 3.63) is 65.2 Å². The van der Waals surface area contributed by atoms with E-state index in [1.165, 1.54) is 18.2 Å². The third-order valence-electron chi connectivity index (χ3n) is 4.49. The zero-order valence-corrected chi connectivity index (χ0v) is 15.3. The molecule has 0 atom stereocenters. The number of carbonyl (C=O) groups excluding carboxylic acids is 1. The number of ether oxygens (including phenoxy) is 2. The van der Waals surface area contributed by atoms with Gasteiger partial charge in [0.05, 0.1) is 5.69 Å². The van der Waals surface area contributed by atoms with Gasteiger partial charge in [0.1, 0.15) is 23.9 Å². The van der Waals surface area contributed by atoms with Gasteiger partial charge in [-0.05, 0) is 35.9 Å². The first-order valence-electron chi connectivity index (χ1n) is 8.72. The fourth-order valence-corrected chi connectivity index (χ4v) is 3.16. The summed E-state index contributed by atoms with van der Waals surface area (Å²) in [7, 11) is 1.78. The summed E-state index contributed by atoms with van der Waals surface area (Å²) in [6.07, 6.45) is 1.77. The van der Waals surface area contributed by atoms with Crippen LogP contribution in [-0.2, 0) is 20.2 Å². The van der Waals surface area contributed by atoms with Crippen LogP contribution in [0.2, 0.25) is 0 Å². The predicted molar refractivity (Wildman–Crippen MR) is 97.2 cm³/mol. The number of hydrogen-bond donors (Lipinski definition) is 1. The Morgan fingerprint density at radius 1 is 1.17 bits per heavy atom. The molecule has 0 spiro atoms. The molecule has 0 unspecified atom stereocenters. The Bertz CT molecular complexity index is 1080. The lowest BCUT2D eigenvalue weighted by atomic mass is 9.98. The number of nitrogens with one attached hydrogen (secondary N) is 1. The zero-order chi connectivity index (χ0) is 20.5. The second-order valence-corrected chi connectivity index (χ2v) is 6.48. The highest BCUT2D eigenvalue weighted by Crippen LogP contribution is 2.37. The third kappa shape index (κ3) is 3.89. The van der Waals surface area contributed by atoms with Crippen molar-refractivity contribution >= 4 is 5.91 Å². The van der Waals surface area contributed by atoms with Crippen LogP contribution in [0.3, 0.4) is 0 Å². The van der Waals surface area contributed by atoms with Gasteiger partial charge in [-0.3, -0.25) is 9.48 Å². The first-order chi connectivity index (χ1) is 13.9. The van der Waals surface area contributed by atoms with Gasteiger partial charge in [-0.2, -0.15) is 13.9 Å². The summed E-state index contributed by atoms with van der Waals surface area (Å²) < 4.78 is 51.2. The van der Waals surface area contributed by atoms with Gasteiger partial charge in [0, 0.05) is 42.5 Å². The van der Waals surface area contributed by atoms with E-state index >= 15 is 0 Å². The van der Waals surface area contributed by atoms with E-state index < -0.39 is 12.4 Å². The molecule has 0 bridgehead atoms. The molecular formula is C20H16F3N3O3. The highest BCUT2D eigenvalue weighted by molar-refractivity contribution is 6.00. The van der Waals surface area contributed by atoms with Gasteiger partial charge in [-0.1, -0.05) is 0 Å². The Kier molecular flexibility index (Phi) is 4.87. The first-order valence-corrected chi connectivity index (χ1v) is 8.72. The number of aryl methyl sites for hydroxylation is 1. The summed E-state index contributed by atoms with van der Waals surface area (Å²) >= 11 is 0. The van der Waals surface area contributed by atoms with Crippen LogP contribution < -0.4 is 14.8 Å². The third-order valence-corrected chi connectivity index (χ3v) is 4.49. The molecular weight excluding hydrogens is 387 g/mol. The minimum absolute atomic E-state index is 0.102. The van der Waals surface area contributed by atoms with Crippen molar-refractivity contribution in [1.29, 1.82) is 0 Å². The molecule has 9 heteroatoms. The van der Waals surface area contributed by atoms with Crippen LogP contribution in [0.15, 0.2) is 42.6 Å². The molecule has 6 nitrogen and oxygen atoms in total. The van der Waals surface area contributed by atoms with Crippen LogP contribution in [0.4, 0.5) is 13.2 Å². The molecule has 0 saturated carbocycles. The Morgan fingerprint density at radius 3 is 2.69 bits per heavy atom. The van der Waals surface area contributed by atoms with Gasteiger partial charge >= 0.3 is 6.61 Å². The molecule has 1 aliphatic heterocycles. The maximum atomic E-state index is 14.7. The van der Waals surface area contributed by atoms with E-state index in [2.05, 4.69) is 15.2 Å². The standard InChI is InChI=1S/C20H16F3N3O3/c1-26-5-4-12(25-26)10-28-18-6-11-9-24-19(27)15(11)8-16(18)14-3-2-13(7-17(14)21)29-20(22)23/h2-8,20H,9-10H2,1H3,(H,24,27). The summed E-state index contributed by atoms with van der Waals surface area (Å²) in [5, 5.41) is 6.94. The molecule has 4 rings (SSSR count). The van der Waals surface area contributed by atoms with E-state index in [1.807, 2.05) is 0 Å². The molecule has 1 aromatic heterocycles. The number of aromatic nitrogens is 2. The van der Waals surface area contributed by atoms with Gasteiger partial charge in [-0.15, -0.1) is 0 Å². The number of carbonyl (C=O) groups is 1. The Labute approximate surface area is 163 Å². The number of amides is 1. The minimum Gasteiger partial charge on any atom is -0.487 e. The Hall–Kier alpha value is -3.49. The van der Waals surface area contributed by atoms with Crippen LogP contribution in [0.5, 0.6) is 11.5 Å². The summed E-state index contributed by atoms with van der Waals surface area (Å²) in [6, 6.07) is 8.42. The number of hydrogen-bond acceptors (Lipinski definition) is 4. The van der Waals surface area contributed by atoms with Gasteiger partial charge in [0.15, 0.2) is 0 Å². The van der Waals surface area contributed by atoms with Gasteiger partial charge in [0.2, 0.25) is 0 Å². The van der Waals surface area contributed by atoms with Crippen LogP contribution in [0.1, 0.15) is 21.6 Å². The van der Waals surface area contributed by atoms with Crippen LogP contribution in [-0.4, -0.2) is 22.3 Å². The lowest BCUT2D eigenvalue weighted by molar-refractivity contribution is -0.0499. The summed E-state index contributed by atoms with van der Waals surface area (Å²) in [5.41, 5.74) is 2.25. The van der Waals surface area contributed by atoms with E-state index in [0.717, 1.165) is 11.6 Å². The number of alkyl halides is 2. The molecule has 0 fully saturated rings. The van der Waals surface area contributed by atoms with E-state index in [0.29, 0.717) is 29.1 Å². The second kappa shape index (κ2) is 7.50. The van der Waals surface area contributed by atoms with Gasteiger partial charge in [-0.25, -0.2) is 4.39 Å². The molecule has 1 N–H and O–H groups in total. The van der Waals surface area contributed by atoms with Crippen molar-refractivity contribution in [3.8, 4) is 22.6 Å². The molecule has 0 radical (unpaired) electrons. The van der Waals surface area contributed by atoms with E-state index in [4.69, 9.17) is 4.74 Å². The normalized spacial score (nSPS) is 12.8. The lowest BCUT2D eigenvalue weighted by Crippen LogP contribution is -2.12. The zero-order valence-electron chi connectivity index (χ0n) is 15.3. The van der Waals surface area contributed by atoms with Gasteiger partial charge in [0.25, 0.3) is 5.91 Å². The van der Waals surface area contributed by atoms with Gasteiger partial charge < -0.3 is 14.8 Å². The van der Waals surface area contributed by atoms with E-state index in [-0.39, 0.29) is 23.8 Å². The van der Waals surface area contributed by atoms with Crippen molar-refractivity contribution < 1.29 is 27.4 Å². The maximum Gasteiger partial charge on any atom is 0.387 e. The van der Waals surface area contributed by atoms with Crippen LogP contribution in [0, 0.1) is 5.82 Å². The Balaban J connectivity index is 1.72. The average Bonchev–Trinajstić information content (AvgIpc) is 3.24. The SMILES string of the molecule is Cn1ccc(COc2cc3c(cc2-c2ccc(OC(F)F)cc2F)C(=O)NC3)n1. The summed E-state index contributed by atoms with van der Waals surface area (Å²) in [4.78, 5) is 12.0. The molecule has 0 aliphatic carbocycles. The lowest BCUT2D eigenvalue weighted by Gasteiger charge is -2.14. The fourth-order valence-electron chi connectivity index (χ4n) is 3.16. The molecule has 2 aromatic carbocycles. The monoisotopic (exact) mass is 403 g/mol. The van der Waals surface area contributed by atoms with Crippen LogP contribution >= 0.6 is 0 Å². The molecule has 29 heavy (non-hydrogen) atoms. The number of fused-ring (bicyclic) bond motifs is 1. The maximum absolute atomic E-state index is 14.7. The van der Waals surface area contributed by atoms with Crippen molar-refractivity contribution in [2.75, 3.05) is 0 Å². The molecule has 0 saturated heterocycles. The fraction of sp³-hybridized carbons (Fsp3) is 0.200. The summed E-state index contributed by atoms with van der Waals surface area (Å²) in [5.74, 6) is -0.983. The number of rotatable bonds is 6. The van der Waals surface area contributed by atoms with Crippen LogP contribution in [0.25, 0.3) is 11.1 Å². The topological polar surface area (TPSA) is 65.4 Å². The molecule has 1 amide bonds. The largest absolute Gasteiger partial charge is 0.487 e. The average molecular weight is 403 g/mol. The van der Waals surface area contributed by atoms with Crippen molar-refractivity contribution in [3.63, 3.8) is 0 Å². The number of benzene rings is 2. The molecule has 1 aliphatic rings. The quantitative estimate of drug-likeness (QED) is 0.683.